The fraction of sp³-hybridized carbons (Fsp3) is 0.500. The van der Waals surface area contributed by atoms with Crippen molar-refractivity contribution in [2.24, 2.45) is 11.7 Å². The van der Waals surface area contributed by atoms with Gasteiger partial charge in [0, 0.05) is 18.0 Å². The van der Waals surface area contributed by atoms with Crippen LogP contribution in [0.1, 0.15) is 24.0 Å². The van der Waals surface area contributed by atoms with Crippen LogP contribution in [0.4, 0.5) is 0 Å². The van der Waals surface area contributed by atoms with Gasteiger partial charge in [0.1, 0.15) is 0 Å². The van der Waals surface area contributed by atoms with E-state index in [1.165, 1.54) is 11.1 Å². The van der Waals surface area contributed by atoms with Crippen LogP contribution in [0.2, 0.25) is 0 Å². The number of primary amides is 1. The second kappa shape index (κ2) is 4.15. The number of nitrogens with two attached hydrogens (primary N) is 1. The van der Waals surface area contributed by atoms with E-state index in [2.05, 4.69) is 29.6 Å². The van der Waals surface area contributed by atoms with E-state index in [4.69, 9.17) is 5.73 Å². The van der Waals surface area contributed by atoms with Crippen molar-refractivity contribution in [3.8, 4) is 0 Å². The van der Waals surface area contributed by atoms with Crippen LogP contribution in [-0.4, -0.2) is 18.0 Å². The minimum atomic E-state index is -0.141. The number of rotatable bonds is 3. The summed E-state index contributed by atoms with van der Waals surface area (Å²) in [5.41, 5.74) is 8.21. The first-order valence-electron chi connectivity index (χ1n) is 6.34. The molecule has 1 aromatic carbocycles. The molecule has 0 atom stereocenters. The fourth-order valence-electron chi connectivity index (χ4n) is 3.00. The lowest BCUT2D eigenvalue weighted by molar-refractivity contribution is -0.125. The van der Waals surface area contributed by atoms with Gasteiger partial charge in [0.05, 0.1) is 0 Å². The molecule has 2 aliphatic carbocycles. The number of nitrogens with one attached hydrogen (secondary N) is 1. The molecule has 90 valence electrons. The van der Waals surface area contributed by atoms with Gasteiger partial charge >= 0.3 is 0 Å². The average Bonchev–Trinajstić information content (AvgIpc) is 2.64. The van der Waals surface area contributed by atoms with Crippen molar-refractivity contribution in [2.75, 3.05) is 0 Å². The van der Waals surface area contributed by atoms with Crippen LogP contribution in [0.3, 0.4) is 0 Å². The number of fused-ring (bicyclic) bond motifs is 1. The summed E-state index contributed by atoms with van der Waals surface area (Å²) in [6, 6.07) is 9.67. The van der Waals surface area contributed by atoms with Gasteiger partial charge in [-0.3, -0.25) is 4.79 Å². The monoisotopic (exact) mass is 230 g/mol. The number of carbonyl (C=O) groups is 1. The van der Waals surface area contributed by atoms with Crippen molar-refractivity contribution in [1.82, 2.24) is 5.32 Å². The smallest absolute Gasteiger partial charge is 0.220 e. The Labute approximate surface area is 101 Å². The largest absolute Gasteiger partial charge is 0.369 e. The van der Waals surface area contributed by atoms with Gasteiger partial charge in [-0.05, 0) is 36.8 Å². The van der Waals surface area contributed by atoms with Crippen molar-refractivity contribution in [3.63, 3.8) is 0 Å². The van der Waals surface area contributed by atoms with Crippen molar-refractivity contribution < 1.29 is 4.79 Å². The molecule has 2 aliphatic rings. The molecule has 1 saturated carbocycles. The summed E-state index contributed by atoms with van der Waals surface area (Å²) in [5.74, 6) is -0.0333. The predicted octanol–water partition coefficient (Wildman–Crippen LogP) is 1.01. The zero-order valence-electron chi connectivity index (χ0n) is 9.86. The predicted molar refractivity (Wildman–Crippen MR) is 66.5 cm³/mol. The quantitative estimate of drug-likeness (QED) is 0.814. The Morgan fingerprint density at radius 3 is 2.24 bits per heavy atom. The van der Waals surface area contributed by atoms with E-state index in [9.17, 15) is 4.79 Å². The molecular formula is C14H18N2O. The molecule has 3 rings (SSSR count). The Hall–Kier alpha value is -1.35. The third-order valence-corrected chi connectivity index (χ3v) is 4.06. The second-order valence-corrected chi connectivity index (χ2v) is 5.31. The topological polar surface area (TPSA) is 55.1 Å². The Bertz CT molecular complexity index is 413. The van der Waals surface area contributed by atoms with E-state index in [1.54, 1.807) is 0 Å². The number of hydrogen-bond donors (Lipinski definition) is 2. The third-order valence-electron chi connectivity index (χ3n) is 4.06. The second-order valence-electron chi connectivity index (χ2n) is 5.31. The molecule has 0 radical (unpaired) electrons. The SMILES string of the molecule is NC(=O)C1CC(NC2Cc3ccccc3C2)C1. The maximum Gasteiger partial charge on any atom is 0.220 e. The first-order valence-corrected chi connectivity index (χ1v) is 6.34. The molecule has 1 aromatic rings. The van der Waals surface area contributed by atoms with Gasteiger partial charge in [0.25, 0.3) is 0 Å². The molecule has 1 amide bonds. The van der Waals surface area contributed by atoms with Gasteiger partial charge in [-0.15, -0.1) is 0 Å². The molecule has 3 nitrogen and oxygen atoms in total. The van der Waals surface area contributed by atoms with Gasteiger partial charge in [0.15, 0.2) is 0 Å². The van der Waals surface area contributed by atoms with Crippen LogP contribution in [-0.2, 0) is 17.6 Å². The highest BCUT2D eigenvalue weighted by Gasteiger charge is 2.35. The van der Waals surface area contributed by atoms with Crippen LogP contribution in [0.15, 0.2) is 24.3 Å². The van der Waals surface area contributed by atoms with Crippen LogP contribution in [0.25, 0.3) is 0 Å². The summed E-state index contributed by atoms with van der Waals surface area (Å²) in [4.78, 5) is 10.9. The lowest BCUT2D eigenvalue weighted by atomic mass is 9.79. The summed E-state index contributed by atoms with van der Waals surface area (Å²) >= 11 is 0. The van der Waals surface area contributed by atoms with Gasteiger partial charge in [-0.25, -0.2) is 0 Å². The van der Waals surface area contributed by atoms with Crippen molar-refractivity contribution in [2.45, 2.75) is 37.8 Å². The van der Waals surface area contributed by atoms with Gasteiger partial charge in [-0.1, -0.05) is 24.3 Å². The molecule has 3 N–H and O–H groups in total. The summed E-state index contributed by atoms with van der Waals surface area (Å²) in [6.07, 6.45) is 4.08. The summed E-state index contributed by atoms with van der Waals surface area (Å²) < 4.78 is 0. The van der Waals surface area contributed by atoms with Crippen LogP contribution in [0, 0.1) is 5.92 Å². The molecule has 3 heteroatoms. The van der Waals surface area contributed by atoms with E-state index >= 15 is 0 Å². The number of benzene rings is 1. The minimum absolute atomic E-state index is 0.108. The minimum Gasteiger partial charge on any atom is -0.369 e. The van der Waals surface area contributed by atoms with Crippen molar-refractivity contribution in [3.05, 3.63) is 35.4 Å². The van der Waals surface area contributed by atoms with Crippen LogP contribution >= 0.6 is 0 Å². The molecule has 0 bridgehead atoms. The van der Waals surface area contributed by atoms with Gasteiger partial charge < -0.3 is 11.1 Å². The Kier molecular flexibility index (Phi) is 2.63. The number of hydrogen-bond acceptors (Lipinski definition) is 2. The molecule has 0 spiro atoms. The highest BCUT2D eigenvalue weighted by Crippen LogP contribution is 2.29. The van der Waals surface area contributed by atoms with Crippen LogP contribution in [0.5, 0.6) is 0 Å². The van der Waals surface area contributed by atoms with E-state index in [-0.39, 0.29) is 11.8 Å². The summed E-state index contributed by atoms with van der Waals surface area (Å²) in [5, 5.41) is 3.64. The van der Waals surface area contributed by atoms with Crippen molar-refractivity contribution in [1.29, 1.82) is 0 Å². The normalized spacial score (nSPS) is 27.5. The fourth-order valence-corrected chi connectivity index (χ4v) is 3.00. The average molecular weight is 230 g/mol. The Morgan fingerprint density at radius 1 is 1.12 bits per heavy atom. The molecule has 0 unspecified atom stereocenters. The highest BCUT2D eigenvalue weighted by molar-refractivity contribution is 5.77. The summed E-state index contributed by atoms with van der Waals surface area (Å²) in [6.45, 7) is 0. The van der Waals surface area contributed by atoms with Gasteiger partial charge in [-0.2, -0.15) is 0 Å². The van der Waals surface area contributed by atoms with Crippen LogP contribution < -0.4 is 11.1 Å². The Morgan fingerprint density at radius 2 is 1.71 bits per heavy atom. The molecule has 17 heavy (non-hydrogen) atoms. The number of carbonyl (C=O) groups excluding carboxylic acids is 1. The highest BCUT2D eigenvalue weighted by atomic mass is 16.1. The lowest BCUT2D eigenvalue weighted by Crippen LogP contribution is -2.50. The molecule has 0 aromatic heterocycles. The first-order chi connectivity index (χ1) is 8.22. The standard InChI is InChI=1S/C14H18N2O/c15-14(17)11-7-13(8-11)16-12-5-9-3-1-2-4-10(9)6-12/h1-4,11-13,16H,5-8H2,(H2,15,17). The summed E-state index contributed by atoms with van der Waals surface area (Å²) in [7, 11) is 0. The maximum absolute atomic E-state index is 10.9. The molecule has 0 saturated heterocycles. The number of amides is 1. The van der Waals surface area contributed by atoms with E-state index in [0.717, 1.165) is 25.7 Å². The lowest BCUT2D eigenvalue weighted by Gasteiger charge is -2.35. The molecule has 0 aliphatic heterocycles. The molecular weight excluding hydrogens is 212 g/mol. The first kappa shape index (κ1) is 10.8. The van der Waals surface area contributed by atoms with E-state index < -0.39 is 0 Å². The van der Waals surface area contributed by atoms with E-state index in [1.807, 2.05) is 0 Å². The zero-order valence-corrected chi connectivity index (χ0v) is 9.86. The Balaban J connectivity index is 1.52. The zero-order chi connectivity index (χ0) is 11.8. The third kappa shape index (κ3) is 2.07. The maximum atomic E-state index is 10.9. The van der Waals surface area contributed by atoms with E-state index in [0.29, 0.717) is 12.1 Å². The molecule has 1 fully saturated rings. The van der Waals surface area contributed by atoms with Crippen molar-refractivity contribution >= 4 is 5.91 Å². The van der Waals surface area contributed by atoms with Gasteiger partial charge in [0.2, 0.25) is 5.91 Å². The molecule has 0 heterocycles.